The number of rotatable bonds is 2. The fourth-order valence-electron chi connectivity index (χ4n) is 1.92. The van der Waals surface area contributed by atoms with Crippen molar-refractivity contribution in [3.63, 3.8) is 0 Å². The third kappa shape index (κ3) is 2.76. The van der Waals surface area contributed by atoms with Crippen molar-refractivity contribution in [2.45, 2.75) is 19.9 Å². The second kappa shape index (κ2) is 5.03. The molecule has 88 valence electrons. The van der Waals surface area contributed by atoms with E-state index in [2.05, 4.69) is 72.2 Å². The summed E-state index contributed by atoms with van der Waals surface area (Å²) in [5, 5.41) is 0. The van der Waals surface area contributed by atoms with Crippen molar-refractivity contribution in [3.05, 3.63) is 69.2 Å². The van der Waals surface area contributed by atoms with E-state index >= 15 is 0 Å². The summed E-state index contributed by atoms with van der Waals surface area (Å²) in [5.74, 6) is 0. The Hall–Kier alpha value is -1.12. The largest absolute Gasteiger partial charge is 0.320 e. The molecule has 0 saturated carbocycles. The van der Waals surface area contributed by atoms with Gasteiger partial charge >= 0.3 is 0 Å². The average molecular weight is 290 g/mol. The first kappa shape index (κ1) is 12.3. The second-order valence-electron chi connectivity index (χ2n) is 4.40. The lowest BCUT2D eigenvalue weighted by molar-refractivity contribution is 0.867. The smallest absolute Gasteiger partial charge is 0.0551 e. The van der Waals surface area contributed by atoms with Gasteiger partial charge in [0.25, 0.3) is 0 Å². The molecular weight excluding hydrogens is 274 g/mol. The SMILES string of the molecule is Cc1cccc(C(N)c2ccc(Br)c(C)c2)c1. The summed E-state index contributed by atoms with van der Waals surface area (Å²) in [5.41, 5.74) is 11.1. The van der Waals surface area contributed by atoms with Gasteiger partial charge in [-0.15, -0.1) is 0 Å². The first-order chi connectivity index (χ1) is 8.08. The third-order valence-electron chi connectivity index (χ3n) is 2.94. The lowest BCUT2D eigenvalue weighted by Gasteiger charge is -2.14. The molecule has 0 spiro atoms. The maximum Gasteiger partial charge on any atom is 0.0551 e. The molecule has 0 aromatic heterocycles. The molecule has 0 saturated heterocycles. The highest BCUT2D eigenvalue weighted by atomic mass is 79.9. The number of nitrogens with two attached hydrogens (primary N) is 1. The van der Waals surface area contributed by atoms with Crippen molar-refractivity contribution >= 4 is 15.9 Å². The molecule has 1 unspecified atom stereocenters. The summed E-state index contributed by atoms with van der Waals surface area (Å²) >= 11 is 3.51. The highest BCUT2D eigenvalue weighted by Gasteiger charge is 2.09. The maximum absolute atomic E-state index is 6.29. The van der Waals surface area contributed by atoms with Crippen LogP contribution in [0.4, 0.5) is 0 Å². The second-order valence-corrected chi connectivity index (χ2v) is 5.25. The van der Waals surface area contributed by atoms with Crippen LogP contribution in [0.5, 0.6) is 0 Å². The van der Waals surface area contributed by atoms with Gasteiger partial charge in [-0.05, 0) is 36.6 Å². The summed E-state index contributed by atoms with van der Waals surface area (Å²) in [6.45, 7) is 4.17. The van der Waals surface area contributed by atoms with Crippen molar-refractivity contribution in [1.29, 1.82) is 0 Å². The Morgan fingerprint density at radius 1 is 1.00 bits per heavy atom. The van der Waals surface area contributed by atoms with Crippen LogP contribution in [0.1, 0.15) is 28.3 Å². The molecule has 0 heterocycles. The van der Waals surface area contributed by atoms with Crippen LogP contribution in [0.25, 0.3) is 0 Å². The van der Waals surface area contributed by atoms with Crippen LogP contribution in [0.15, 0.2) is 46.9 Å². The standard InChI is InChI=1S/C15H16BrN/c1-10-4-3-5-12(8-10)15(17)13-6-7-14(16)11(2)9-13/h3-9,15H,17H2,1-2H3. The fourth-order valence-corrected chi connectivity index (χ4v) is 2.16. The van der Waals surface area contributed by atoms with Gasteiger partial charge < -0.3 is 5.73 Å². The Labute approximate surface area is 111 Å². The van der Waals surface area contributed by atoms with E-state index in [-0.39, 0.29) is 6.04 Å². The topological polar surface area (TPSA) is 26.0 Å². The van der Waals surface area contributed by atoms with Crippen LogP contribution >= 0.6 is 15.9 Å². The van der Waals surface area contributed by atoms with Crippen LogP contribution in [-0.2, 0) is 0 Å². The molecule has 0 amide bonds. The Bertz CT molecular complexity index is 534. The van der Waals surface area contributed by atoms with Crippen LogP contribution in [-0.4, -0.2) is 0 Å². The van der Waals surface area contributed by atoms with Gasteiger partial charge in [-0.1, -0.05) is 57.9 Å². The zero-order valence-corrected chi connectivity index (χ0v) is 11.7. The molecule has 0 aliphatic carbocycles. The van der Waals surface area contributed by atoms with E-state index in [0.717, 1.165) is 15.6 Å². The molecule has 0 aliphatic heterocycles. The van der Waals surface area contributed by atoms with Gasteiger partial charge in [0.2, 0.25) is 0 Å². The maximum atomic E-state index is 6.29. The van der Waals surface area contributed by atoms with E-state index in [9.17, 15) is 0 Å². The monoisotopic (exact) mass is 289 g/mol. The highest BCUT2D eigenvalue weighted by Crippen LogP contribution is 2.24. The normalized spacial score (nSPS) is 12.5. The highest BCUT2D eigenvalue weighted by molar-refractivity contribution is 9.10. The summed E-state index contributed by atoms with van der Waals surface area (Å²) in [6.07, 6.45) is 0. The number of aryl methyl sites for hydroxylation is 2. The van der Waals surface area contributed by atoms with Crippen molar-refractivity contribution in [3.8, 4) is 0 Å². The molecule has 2 aromatic rings. The molecule has 1 atom stereocenters. The van der Waals surface area contributed by atoms with Gasteiger partial charge in [-0.3, -0.25) is 0 Å². The van der Waals surface area contributed by atoms with Gasteiger partial charge in [0, 0.05) is 4.47 Å². The Morgan fingerprint density at radius 3 is 2.35 bits per heavy atom. The van der Waals surface area contributed by atoms with Gasteiger partial charge in [0.1, 0.15) is 0 Å². The summed E-state index contributed by atoms with van der Waals surface area (Å²) in [6, 6.07) is 14.6. The number of benzene rings is 2. The first-order valence-corrected chi connectivity index (χ1v) is 6.45. The van der Waals surface area contributed by atoms with Gasteiger partial charge in [0.15, 0.2) is 0 Å². The molecule has 0 fully saturated rings. The zero-order chi connectivity index (χ0) is 12.4. The van der Waals surface area contributed by atoms with E-state index in [0.29, 0.717) is 0 Å². The number of hydrogen-bond donors (Lipinski definition) is 1. The Balaban J connectivity index is 2.36. The number of halogens is 1. The molecule has 2 rings (SSSR count). The summed E-state index contributed by atoms with van der Waals surface area (Å²) in [4.78, 5) is 0. The summed E-state index contributed by atoms with van der Waals surface area (Å²) < 4.78 is 1.12. The van der Waals surface area contributed by atoms with E-state index < -0.39 is 0 Å². The molecular formula is C15H16BrN. The minimum absolute atomic E-state index is 0.0540. The van der Waals surface area contributed by atoms with Crippen LogP contribution < -0.4 is 5.73 Å². The third-order valence-corrected chi connectivity index (χ3v) is 3.83. The van der Waals surface area contributed by atoms with Crippen molar-refractivity contribution in [2.75, 3.05) is 0 Å². The van der Waals surface area contributed by atoms with Crippen LogP contribution in [0, 0.1) is 13.8 Å². The predicted octanol–water partition coefficient (Wildman–Crippen LogP) is 4.11. The molecule has 2 heteroatoms. The molecule has 17 heavy (non-hydrogen) atoms. The minimum atomic E-state index is -0.0540. The molecule has 0 aliphatic rings. The Morgan fingerprint density at radius 2 is 1.71 bits per heavy atom. The Kier molecular flexibility index (Phi) is 3.65. The van der Waals surface area contributed by atoms with Gasteiger partial charge in [-0.2, -0.15) is 0 Å². The minimum Gasteiger partial charge on any atom is -0.320 e. The zero-order valence-electron chi connectivity index (χ0n) is 10.1. The van der Waals surface area contributed by atoms with Crippen molar-refractivity contribution in [2.24, 2.45) is 5.73 Å². The summed E-state index contributed by atoms with van der Waals surface area (Å²) in [7, 11) is 0. The average Bonchev–Trinajstić information content (AvgIpc) is 2.32. The van der Waals surface area contributed by atoms with E-state index in [1.165, 1.54) is 11.1 Å². The predicted molar refractivity (Wildman–Crippen MR) is 76.1 cm³/mol. The van der Waals surface area contributed by atoms with E-state index in [1.54, 1.807) is 0 Å². The molecule has 0 radical (unpaired) electrons. The van der Waals surface area contributed by atoms with Gasteiger partial charge in [0.05, 0.1) is 6.04 Å². The van der Waals surface area contributed by atoms with Gasteiger partial charge in [-0.25, -0.2) is 0 Å². The van der Waals surface area contributed by atoms with Crippen molar-refractivity contribution in [1.82, 2.24) is 0 Å². The first-order valence-electron chi connectivity index (χ1n) is 5.66. The molecule has 2 aromatic carbocycles. The van der Waals surface area contributed by atoms with Crippen LogP contribution in [0.2, 0.25) is 0 Å². The molecule has 2 N–H and O–H groups in total. The van der Waals surface area contributed by atoms with Crippen LogP contribution in [0.3, 0.4) is 0 Å². The number of hydrogen-bond acceptors (Lipinski definition) is 1. The van der Waals surface area contributed by atoms with E-state index in [4.69, 9.17) is 5.73 Å². The van der Waals surface area contributed by atoms with Crippen molar-refractivity contribution < 1.29 is 0 Å². The lowest BCUT2D eigenvalue weighted by atomic mass is 9.97. The fraction of sp³-hybridized carbons (Fsp3) is 0.200. The molecule has 1 nitrogen and oxygen atoms in total. The lowest BCUT2D eigenvalue weighted by Crippen LogP contribution is -2.12. The van der Waals surface area contributed by atoms with E-state index in [1.807, 2.05) is 0 Å². The quantitative estimate of drug-likeness (QED) is 0.884. The molecule has 0 bridgehead atoms.